The molecule has 4 amide bonds. The summed E-state index contributed by atoms with van der Waals surface area (Å²) in [7, 11) is 0. The number of nitrogens with zero attached hydrogens (tertiary/aromatic N) is 2. The van der Waals surface area contributed by atoms with Crippen molar-refractivity contribution in [1.82, 2.24) is 9.80 Å². The second kappa shape index (κ2) is 9.71. The summed E-state index contributed by atoms with van der Waals surface area (Å²) in [6.45, 7) is 3.91. The van der Waals surface area contributed by atoms with Crippen LogP contribution < -0.4 is 0 Å². The van der Waals surface area contributed by atoms with Crippen molar-refractivity contribution >= 4 is 23.6 Å². The van der Waals surface area contributed by atoms with Gasteiger partial charge < -0.3 is 5.11 Å². The van der Waals surface area contributed by atoms with Gasteiger partial charge >= 0.3 is 0 Å². The van der Waals surface area contributed by atoms with Crippen molar-refractivity contribution in [1.29, 1.82) is 0 Å². The molecular formula is C30H32N2O5. The lowest BCUT2D eigenvalue weighted by molar-refractivity contribution is -0.00120. The topological polar surface area (TPSA) is 95.0 Å². The van der Waals surface area contributed by atoms with Crippen molar-refractivity contribution in [3.8, 4) is 0 Å². The Bertz CT molecular complexity index is 1230. The van der Waals surface area contributed by atoms with Crippen LogP contribution in [0.1, 0.15) is 100 Å². The highest BCUT2D eigenvalue weighted by Crippen LogP contribution is 2.35. The van der Waals surface area contributed by atoms with Gasteiger partial charge in [0.25, 0.3) is 23.6 Å². The molecule has 2 heterocycles. The van der Waals surface area contributed by atoms with E-state index in [0.717, 1.165) is 19.3 Å². The molecule has 6 rings (SSSR count). The summed E-state index contributed by atoms with van der Waals surface area (Å²) in [6, 6.07) is 14.0. The summed E-state index contributed by atoms with van der Waals surface area (Å²) in [4.78, 5) is 52.0. The van der Waals surface area contributed by atoms with E-state index in [9.17, 15) is 24.3 Å². The molecule has 0 saturated heterocycles. The molecule has 2 aromatic rings. The lowest BCUT2D eigenvalue weighted by atomic mass is 9.83. The number of carbonyl (C=O) groups is 4. The Morgan fingerprint density at radius 3 is 1.49 bits per heavy atom. The van der Waals surface area contributed by atoms with Gasteiger partial charge in [0.2, 0.25) is 0 Å². The molecule has 7 heteroatoms. The lowest BCUT2D eigenvalue weighted by Crippen LogP contribution is -2.45. The predicted octanol–water partition coefficient (Wildman–Crippen LogP) is 4.76. The van der Waals surface area contributed by atoms with Crippen molar-refractivity contribution in [2.75, 3.05) is 0 Å². The molecule has 1 atom stereocenters. The van der Waals surface area contributed by atoms with Gasteiger partial charge in [-0.1, -0.05) is 35.9 Å². The van der Waals surface area contributed by atoms with Crippen LogP contribution in [-0.2, 0) is 0 Å². The zero-order chi connectivity index (χ0) is 26.3. The van der Waals surface area contributed by atoms with Gasteiger partial charge in [0, 0.05) is 12.1 Å². The maximum absolute atomic E-state index is 12.3. The van der Waals surface area contributed by atoms with Gasteiger partial charge in [-0.15, -0.1) is 0 Å². The molecule has 4 aliphatic rings. The number of imide groups is 2. The van der Waals surface area contributed by atoms with Crippen LogP contribution in [0.3, 0.4) is 0 Å². The summed E-state index contributed by atoms with van der Waals surface area (Å²) < 4.78 is 0. The van der Waals surface area contributed by atoms with Crippen LogP contribution in [-0.4, -0.2) is 56.2 Å². The van der Waals surface area contributed by atoms with Gasteiger partial charge in [-0.05, 0) is 83.1 Å². The number of rotatable bonds is 2. The number of hydrogen-bond donors (Lipinski definition) is 1. The maximum Gasteiger partial charge on any atom is 0.261 e. The standard InChI is InChI=1S/C15H17NO3.C15H15NO2/c1-15(19)8-6-10(7-9-15)16-13(17)11-4-2-3-5-12(11)14(16)18;1-10-6-8-11(9-7-10)16-14(17)12-4-2-3-5-13(12)15(16)18/h2-5,10,19H,6-9H2,1H3;2-6,11H,7-9H2,1H3. The number of carbonyl (C=O) groups excluding carboxylic acids is 4. The SMILES string of the molecule is CC1(O)CCC(N2C(=O)c3ccccc3C2=O)CC1.CC1=CCC(N2C(=O)c3ccccc3C2=O)CC1. The number of allylic oxidation sites excluding steroid dienone is 1. The molecule has 1 N–H and O–H groups in total. The smallest absolute Gasteiger partial charge is 0.261 e. The summed E-state index contributed by atoms with van der Waals surface area (Å²) in [6.07, 6.45) is 7.40. The van der Waals surface area contributed by atoms with E-state index in [1.807, 2.05) is 6.92 Å². The van der Waals surface area contributed by atoms with E-state index < -0.39 is 5.60 Å². The first-order chi connectivity index (χ1) is 17.7. The van der Waals surface area contributed by atoms with Crippen LogP contribution in [0.25, 0.3) is 0 Å². The Balaban J connectivity index is 0.000000152. The van der Waals surface area contributed by atoms with E-state index in [1.54, 1.807) is 48.5 Å². The molecule has 2 aliphatic carbocycles. The van der Waals surface area contributed by atoms with E-state index in [1.165, 1.54) is 15.4 Å². The van der Waals surface area contributed by atoms with E-state index in [2.05, 4.69) is 13.0 Å². The second-order valence-corrected chi connectivity index (χ2v) is 10.8. The molecule has 192 valence electrons. The van der Waals surface area contributed by atoms with Crippen LogP contribution in [0.4, 0.5) is 0 Å². The lowest BCUT2D eigenvalue weighted by Gasteiger charge is -2.36. The highest BCUT2D eigenvalue weighted by Gasteiger charge is 2.42. The van der Waals surface area contributed by atoms with Crippen LogP contribution in [0, 0.1) is 0 Å². The molecule has 0 radical (unpaired) electrons. The van der Waals surface area contributed by atoms with E-state index in [4.69, 9.17) is 0 Å². The highest BCUT2D eigenvalue weighted by atomic mass is 16.3. The third-order valence-corrected chi connectivity index (χ3v) is 8.02. The first-order valence-electron chi connectivity index (χ1n) is 13.0. The minimum atomic E-state index is -0.658. The zero-order valence-electron chi connectivity index (χ0n) is 21.3. The van der Waals surface area contributed by atoms with Crippen LogP contribution in [0.5, 0.6) is 0 Å². The molecule has 7 nitrogen and oxygen atoms in total. The summed E-state index contributed by atoms with van der Waals surface area (Å²) in [5.74, 6) is -0.638. The first-order valence-corrected chi connectivity index (χ1v) is 13.0. The average Bonchev–Trinajstić information content (AvgIpc) is 3.30. The second-order valence-electron chi connectivity index (χ2n) is 10.8. The normalized spacial score (nSPS) is 26.9. The van der Waals surface area contributed by atoms with Crippen molar-refractivity contribution < 1.29 is 24.3 Å². The molecule has 0 bridgehead atoms. The summed E-state index contributed by atoms with van der Waals surface area (Å²) in [5.41, 5.74) is 2.80. The predicted molar refractivity (Wildman–Crippen MR) is 138 cm³/mol. The van der Waals surface area contributed by atoms with Crippen molar-refractivity contribution in [3.63, 3.8) is 0 Å². The van der Waals surface area contributed by atoms with Crippen molar-refractivity contribution in [2.24, 2.45) is 0 Å². The Morgan fingerprint density at radius 2 is 1.11 bits per heavy atom. The molecular weight excluding hydrogens is 468 g/mol. The number of amides is 4. The molecule has 1 unspecified atom stereocenters. The highest BCUT2D eigenvalue weighted by molar-refractivity contribution is 6.22. The Hall–Kier alpha value is -3.58. The number of fused-ring (bicyclic) bond motifs is 2. The van der Waals surface area contributed by atoms with Crippen LogP contribution in [0.2, 0.25) is 0 Å². The number of benzene rings is 2. The fourth-order valence-corrected chi connectivity index (χ4v) is 5.75. The van der Waals surface area contributed by atoms with E-state index in [-0.39, 0.29) is 35.7 Å². The maximum atomic E-state index is 12.3. The van der Waals surface area contributed by atoms with Gasteiger partial charge in [0.1, 0.15) is 0 Å². The van der Waals surface area contributed by atoms with Crippen molar-refractivity contribution in [3.05, 3.63) is 82.4 Å². The van der Waals surface area contributed by atoms with E-state index in [0.29, 0.717) is 47.9 Å². The zero-order valence-corrected chi connectivity index (χ0v) is 21.3. The first kappa shape index (κ1) is 25.1. The van der Waals surface area contributed by atoms with E-state index >= 15 is 0 Å². The molecule has 1 saturated carbocycles. The van der Waals surface area contributed by atoms with Gasteiger partial charge in [0.15, 0.2) is 0 Å². The molecule has 37 heavy (non-hydrogen) atoms. The van der Waals surface area contributed by atoms with Gasteiger partial charge in [-0.3, -0.25) is 29.0 Å². The fraction of sp³-hybridized carbons (Fsp3) is 0.400. The quantitative estimate of drug-likeness (QED) is 0.474. The molecule has 2 aromatic carbocycles. The Labute approximate surface area is 216 Å². The minimum Gasteiger partial charge on any atom is -0.390 e. The third-order valence-electron chi connectivity index (χ3n) is 8.02. The fourth-order valence-electron chi connectivity index (χ4n) is 5.75. The molecule has 0 spiro atoms. The van der Waals surface area contributed by atoms with Crippen molar-refractivity contribution in [2.45, 2.75) is 76.5 Å². The third kappa shape index (κ3) is 4.64. The van der Waals surface area contributed by atoms with Crippen LogP contribution in [0.15, 0.2) is 60.2 Å². The number of aliphatic hydroxyl groups is 1. The van der Waals surface area contributed by atoms with Gasteiger partial charge in [-0.2, -0.15) is 0 Å². The Morgan fingerprint density at radius 1 is 0.703 bits per heavy atom. The number of hydrogen-bond acceptors (Lipinski definition) is 5. The Kier molecular flexibility index (Phi) is 6.58. The van der Waals surface area contributed by atoms with Crippen LogP contribution >= 0.6 is 0 Å². The van der Waals surface area contributed by atoms with Gasteiger partial charge in [-0.25, -0.2) is 0 Å². The summed E-state index contributed by atoms with van der Waals surface area (Å²) >= 11 is 0. The monoisotopic (exact) mass is 500 g/mol. The molecule has 0 aromatic heterocycles. The van der Waals surface area contributed by atoms with Gasteiger partial charge in [0.05, 0.1) is 27.9 Å². The minimum absolute atomic E-state index is 0.0288. The molecule has 2 aliphatic heterocycles. The average molecular weight is 501 g/mol. The summed E-state index contributed by atoms with van der Waals surface area (Å²) in [5, 5.41) is 9.95. The largest absolute Gasteiger partial charge is 0.390 e. The molecule has 1 fully saturated rings.